The fourth-order valence-electron chi connectivity index (χ4n) is 3.62. The number of hydrogen-bond donors (Lipinski definition) is 0. The summed E-state index contributed by atoms with van der Waals surface area (Å²) in [5.41, 5.74) is 2.09. The molecule has 0 aliphatic carbocycles. The molecule has 2 saturated heterocycles. The first-order valence-corrected chi connectivity index (χ1v) is 9.06. The predicted octanol–water partition coefficient (Wildman–Crippen LogP) is 2.65. The molecule has 3 rings (SSSR count). The van der Waals surface area contributed by atoms with Crippen molar-refractivity contribution in [2.24, 2.45) is 0 Å². The fraction of sp³-hybridized carbons (Fsp3) is 0.579. The Balaban J connectivity index is 1.62. The zero-order chi connectivity index (χ0) is 16.9. The number of carbonyl (C=O) groups excluding carboxylic acids is 2. The fourth-order valence-corrected chi connectivity index (χ4v) is 3.62. The largest absolute Gasteiger partial charge is 0.372 e. The van der Waals surface area contributed by atoms with Gasteiger partial charge in [0.15, 0.2) is 0 Å². The normalized spacial score (nSPS) is 17.4. The van der Waals surface area contributed by atoms with Crippen molar-refractivity contribution in [2.45, 2.75) is 39.0 Å². The highest BCUT2D eigenvalue weighted by Gasteiger charge is 2.20. The van der Waals surface area contributed by atoms with Gasteiger partial charge in [0.2, 0.25) is 11.8 Å². The lowest BCUT2D eigenvalue weighted by Crippen LogP contribution is -2.35. The lowest BCUT2D eigenvalue weighted by Gasteiger charge is -2.24. The molecule has 2 aliphatic heterocycles. The second-order valence-electron chi connectivity index (χ2n) is 6.72. The maximum atomic E-state index is 12.2. The van der Waals surface area contributed by atoms with Crippen LogP contribution < -0.4 is 9.80 Å². The number of anilines is 2. The Kier molecular flexibility index (Phi) is 5.38. The highest BCUT2D eigenvalue weighted by atomic mass is 16.2. The monoisotopic (exact) mass is 329 g/mol. The molecule has 1 aromatic rings. The van der Waals surface area contributed by atoms with Gasteiger partial charge in [-0.05, 0) is 49.9 Å². The van der Waals surface area contributed by atoms with Gasteiger partial charge in [0.05, 0.1) is 0 Å². The van der Waals surface area contributed by atoms with E-state index >= 15 is 0 Å². The van der Waals surface area contributed by atoms with Crippen LogP contribution in [0.25, 0.3) is 0 Å². The van der Waals surface area contributed by atoms with Gasteiger partial charge in [-0.3, -0.25) is 9.59 Å². The van der Waals surface area contributed by atoms with Crippen molar-refractivity contribution >= 4 is 23.2 Å². The summed E-state index contributed by atoms with van der Waals surface area (Å²) in [6.07, 6.45) is 5.09. The van der Waals surface area contributed by atoms with Crippen LogP contribution in [0.1, 0.15) is 39.0 Å². The Morgan fingerprint density at radius 3 is 2.12 bits per heavy atom. The van der Waals surface area contributed by atoms with Crippen LogP contribution in [0.15, 0.2) is 24.3 Å². The third kappa shape index (κ3) is 3.89. The van der Waals surface area contributed by atoms with Gasteiger partial charge < -0.3 is 14.7 Å². The standard InChI is InChI=1S/C19H27N3O2/c1-16(23)22(15-10-19(24)21-13-4-5-14-21)18-8-6-17(7-9-18)20-11-2-3-12-20/h6-9H,2-5,10-15H2,1H3. The molecule has 0 spiro atoms. The van der Waals surface area contributed by atoms with Crippen molar-refractivity contribution in [1.29, 1.82) is 0 Å². The molecule has 2 amide bonds. The lowest BCUT2D eigenvalue weighted by atomic mass is 10.2. The summed E-state index contributed by atoms with van der Waals surface area (Å²) in [5.74, 6) is 0.144. The van der Waals surface area contributed by atoms with Crippen molar-refractivity contribution in [3.8, 4) is 0 Å². The van der Waals surface area contributed by atoms with Gasteiger partial charge in [0.25, 0.3) is 0 Å². The Morgan fingerprint density at radius 1 is 0.958 bits per heavy atom. The molecule has 2 fully saturated rings. The summed E-state index contributed by atoms with van der Waals surface area (Å²) in [4.78, 5) is 30.2. The molecule has 0 atom stereocenters. The number of amides is 2. The summed E-state index contributed by atoms with van der Waals surface area (Å²) >= 11 is 0. The highest BCUT2D eigenvalue weighted by molar-refractivity contribution is 5.92. The second kappa shape index (κ2) is 7.69. The van der Waals surface area contributed by atoms with Crippen LogP contribution in [0.4, 0.5) is 11.4 Å². The van der Waals surface area contributed by atoms with E-state index in [-0.39, 0.29) is 11.8 Å². The van der Waals surface area contributed by atoms with Crippen molar-refractivity contribution in [3.05, 3.63) is 24.3 Å². The van der Waals surface area contributed by atoms with Crippen molar-refractivity contribution in [2.75, 3.05) is 42.5 Å². The molecule has 0 bridgehead atoms. The maximum absolute atomic E-state index is 12.2. The number of benzene rings is 1. The summed E-state index contributed by atoms with van der Waals surface area (Å²) in [5, 5.41) is 0. The first-order chi connectivity index (χ1) is 11.6. The second-order valence-corrected chi connectivity index (χ2v) is 6.72. The molecule has 2 heterocycles. The average molecular weight is 329 g/mol. The summed E-state index contributed by atoms with van der Waals surface area (Å²) < 4.78 is 0. The third-order valence-electron chi connectivity index (χ3n) is 5.02. The Hall–Kier alpha value is -2.04. The van der Waals surface area contributed by atoms with Crippen LogP contribution in [-0.2, 0) is 9.59 Å². The topological polar surface area (TPSA) is 43.9 Å². The van der Waals surface area contributed by atoms with Gasteiger partial charge in [0, 0.05) is 57.4 Å². The molecule has 5 heteroatoms. The third-order valence-corrected chi connectivity index (χ3v) is 5.02. The van der Waals surface area contributed by atoms with Crippen LogP contribution in [0, 0.1) is 0 Å². The Labute approximate surface area is 144 Å². The van der Waals surface area contributed by atoms with Crippen LogP contribution in [0.2, 0.25) is 0 Å². The zero-order valence-corrected chi connectivity index (χ0v) is 14.5. The van der Waals surface area contributed by atoms with E-state index in [1.807, 2.05) is 17.0 Å². The molecule has 24 heavy (non-hydrogen) atoms. The molecule has 0 radical (unpaired) electrons. The van der Waals surface area contributed by atoms with E-state index < -0.39 is 0 Å². The Bertz CT molecular complexity index is 573. The number of hydrogen-bond acceptors (Lipinski definition) is 3. The zero-order valence-electron chi connectivity index (χ0n) is 14.5. The highest BCUT2D eigenvalue weighted by Crippen LogP contribution is 2.24. The molecule has 2 aliphatic rings. The lowest BCUT2D eigenvalue weighted by molar-refractivity contribution is -0.129. The minimum atomic E-state index is -0.0156. The number of likely N-dealkylation sites (tertiary alicyclic amines) is 1. The van der Waals surface area contributed by atoms with Crippen molar-refractivity contribution in [3.63, 3.8) is 0 Å². The van der Waals surface area contributed by atoms with Crippen molar-refractivity contribution < 1.29 is 9.59 Å². The number of rotatable bonds is 5. The molecule has 1 aromatic carbocycles. The number of carbonyl (C=O) groups is 2. The van der Waals surface area contributed by atoms with E-state index in [1.54, 1.807) is 11.8 Å². The van der Waals surface area contributed by atoms with Crippen LogP contribution in [0.3, 0.4) is 0 Å². The maximum Gasteiger partial charge on any atom is 0.224 e. The molecule has 5 nitrogen and oxygen atoms in total. The minimum absolute atomic E-state index is 0.0156. The molecule has 0 saturated carbocycles. The number of nitrogens with zero attached hydrogens (tertiary/aromatic N) is 3. The van der Waals surface area contributed by atoms with E-state index in [0.29, 0.717) is 13.0 Å². The van der Waals surface area contributed by atoms with E-state index in [9.17, 15) is 9.59 Å². The summed E-state index contributed by atoms with van der Waals surface area (Å²) in [7, 11) is 0. The molecule has 0 N–H and O–H groups in total. The molecular weight excluding hydrogens is 302 g/mol. The Morgan fingerprint density at radius 2 is 1.54 bits per heavy atom. The van der Waals surface area contributed by atoms with Crippen molar-refractivity contribution in [1.82, 2.24) is 4.90 Å². The van der Waals surface area contributed by atoms with Crippen LogP contribution in [0.5, 0.6) is 0 Å². The van der Waals surface area contributed by atoms with Gasteiger partial charge in [-0.1, -0.05) is 0 Å². The quantitative estimate of drug-likeness (QED) is 0.834. The first-order valence-electron chi connectivity index (χ1n) is 9.06. The summed E-state index contributed by atoms with van der Waals surface area (Å²) in [6.45, 7) is 5.97. The molecule has 130 valence electrons. The van der Waals surface area contributed by atoms with Gasteiger partial charge in [-0.15, -0.1) is 0 Å². The molecular formula is C19H27N3O2. The van der Waals surface area contributed by atoms with Gasteiger partial charge >= 0.3 is 0 Å². The van der Waals surface area contributed by atoms with E-state index in [2.05, 4.69) is 17.0 Å². The van der Waals surface area contributed by atoms with Gasteiger partial charge in [-0.2, -0.15) is 0 Å². The van der Waals surface area contributed by atoms with Gasteiger partial charge in [-0.25, -0.2) is 0 Å². The first kappa shape index (κ1) is 16.8. The van der Waals surface area contributed by atoms with Crippen LogP contribution in [-0.4, -0.2) is 49.4 Å². The van der Waals surface area contributed by atoms with E-state index in [1.165, 1.54) is 18.5 Å². The molecule has 0 unspecified atom stereocenters. The van der Waals surface area contributed by atoms with Gasteiger partial charge in [0.1, 0.15) is 0 Å². The average Bonchev–Trinajstić information content (AvgIpc) is 3.29. The smallest absolute Gasteiger partial charge is 0.224 e. The van der Waals surface area contributed by atoms with E-state index in [4.69, 9.17) is 0 Å². The molecule has 0 aromatic heterocycles. The summed E-state index contributed by atoms with van der Waals surface area (Å²) in [6, 6.07) is 8.16. The predicted molar refractivity (Wildman–Crippen MR) is 96.3 cm³/mol. The minimum Gasteiger partial charge on any atom is -0.372 e. The van der Waals surface area contributed by atoms with Crippen LogP contribution >= 0.6 is 0 Å². The SMILES string of the molecule is CC(=O)N(CCC(=O)N1CCCC1)c1ccc(N2CCCC2)cc1. The van der Waals surface area contributed by atoms with E-state index in [0.717, 1.165) is 44.7 Å².